The van der Waals surface area contributed by atoms with Crippen LogP contribution in [-0.2, 0) is 0 Å². The van der Waals surface area contributed by atoms with E-state index in [0.29, 0.717) is 47.0 Å². The van der Waals surface area contributed by atoms with Gasteiger partial charge in [-0.3, -0.25) is 9.78 Å². The van der Waals surface area contributed by atoms with E-state index in [-0.39, 0.29) is 23.2 Å². The summed E-state index contributed by atoms with van der Waals surface area (Å²) in [5, 5.41) is 4.10. The largest absolute Gasteiger partial charge is 0.442 e. The molecular formula is C22H24FN5O2. The van der Waals surface area contributed by atoms with E-state index in [1.54, 1.807) is 19.9 Å². The number of carbonyl (C=O) groups excluding carboxylic acids is 1. The lowest BCUT2D eigenvalue weighted by Gasteiger charge is -2.18. The van der Waals surface area contributed by atoms with E-state index in [2.05, 4.69) is 27.2 Å². The van der Waals surface area contributed by atoms with Crippen molar-refractivity contribution in [2.24, 2.45) is 0 Å². The molecule has 4 heterocycles. The maximum Gasteiger partial charge on any atom is 0.258 e. The number of pyridine rings is 1. The number of hydrogen-bond donors (Lipinski definition) is 1. The van der Waals surface area contributed by atoms with Gasteiger partial charge in [0.25, 0.3) is 5.91 Å². The first-order chi connectivity index (χ1) is 14.3. The summed E-state index contributed by atoms with van der Waals surface area (Å²) in [6.45, 7) is 6.74. The fourth-order valence-corrected chi connectivity index (χ4v) is 4.13. The van der Waals surface area contributed by atoms with Crippen molar-refractivity contribution in [3.63, 3.8) is 0 Å². The molecule has 0 bridgehead atoms. The molecule has 1 saturated carbocycles. The Hall–Kier alpha value is -3.03. The first-order valence-corrected chi connectivity index (χ1v) is 10.3. The number of aromatic nitrogens is 3. The molecule has 8 heteroatoms. The van der Waals surface area contributed by atoms with Crippen molar-refractivity contribution in [3.05, 3.63) is 47.0 Å². The predicted molar refractivity (Wildman–Crippen MR) is 110 cm³/mol. The highest BCUT2D eigenvalue weighted by atomic mass is 19.1. The zero-order valence-corrected chi connectivity index (χ0v) is 17.3. The molecule has 7 nitrogen and oxygen atoms in total. The van der Waals surface area contributed by atoms with Crippen LogP contribution >= 0.6 is 0 Å². The van der Waals surface area contributed by atoms with Gasteiger partial charge in [-0.25, -0.2) is 14.4 Å². The molecule has 1 unspecified atom stereocenters. The van der Waals surface area contributed by atoms with Crippen molar-refractivity contribution in [3.8, 4) is 0 Å². The molecule has 1 atom stereocenters. The predicted octanol–water partition coefficient (Wildman–Crippen LogP) is 3.97. The van der Waals surface area contributed by atoms with E-state index >= 15 is 0 Å². The van der Waals surface area contributed by atoms with Crippen LogP contribution in [-0.4, -0.2) is 44.4 Å². The van der Waals surface area contributed by atoms with Crippen LogP contribution in [0.5, 0.6) is 0 Å². The van der Waals surface area contributed by atoms with Crippen LogP contribution in [0.2, 0.25) is 0 Å². The Morgan fingerprint density at radius 1 is 1.30 bits per heavy atom. The van der Waals surface area contributed by atoms with Gasteiger partial charge in [0.1, 0.15) is 23.7 Å². The van der Waals surface area contributed by atoms with Crippen LogP contribution in [0.15, 0.2) is 22.9 Å². The van der Waals surface area contributed by atoms with E-state index in [1.165, 1.54) is 12.4 Å². The molecule has 1 saturated heterocycles. The lowest BCUT2D eigenvalue weighted by Crippen LogP contribution is -2.29. The summed E-state index contributed by atoms with van der Waals surface area (Å²) in [6.07, 6.45) is 4.38. The van der Waals surface area contributed by atoms with Gasteiger partial charge in [-0.15, -0.1) is 0 Å². The van der Waals surface area contributed by atoms with Crippen molar-refractivity contribution < 1.29 is 13.6 Å². The van der Waals surface area contributed by atoms with Crippen molar-refractivity contribution >= 4 is 22.8 Å². The van der Waals surface area contributed by atoms with E-state index in [1.807, 2.05) is 4.90 Å². The average Bonchev–Trinajstić information content (AvgIpc) is 3.13. The van der Waals surface area contributed by atoms with Crippen LogP contribution in [0.3, 0.4) is 0 Å². The van der Waals surface area contributed by atoms with Gasteiger partial charge in [0.2, 0.25) is 5.71 Å². The van der Waals surface area contributed by atoms with Crippen molar-refractivity contribution in [1.82, 2.24) is 19.9 Å². The molecule has 3 aromatic rings. The Bertz CT molecular complexity index is 1150. The molecule has 0 aromatic carbocycles. The van der Waals surface area contributed by atoms with Gasteiger partial charge < -0.3 is 14.6 Å². The zero-order valence-electron chi connectivity index (χ0n) is 17.3. The molecule has 0 radical (unpaired) electrons. The van der Waals surface area contributed by atoms with Gasteiger partial charge >= 0.3 is 0 Å². The second-order valence-electron chi connectivity index (χ2n) is 8.66. The number of amides is 1. The normalized spacial score (nSPS) is 20.0. The lowest BCUT2D eigenvalue weighted by atomic mass is 10.0. The highest BCUT2D eigenvalue weighted by Gasteiger charge is 2.39. The molecule has 1 aliphatic heterocycles. The molecule has 2 fully saturated rings. The zero-order chi connectivity index (χ0) is 21.0. The number of carbonyl (C=O) groups is 1. The Kier molecular flexibility index (Phi) is 4.27. The molecule has 30 heavy (non-hydrogen) atoms. The topological polar surface area (TPSA) is 84.2 Å². The summed E-state index contributed by atoms with van der Waals surface area (Å²) in [4.78, 5) is 28.3. The van der Waals surface area contributed by atoms with Crippen LogP contribution in [0.4, 0.5) is 10.2 Å². The summed E-state index contributed by atoms with van der Waals surface area (Å²) in [5.41, 5.74) is 2.16. The summed E-state index contributed by atoms with van der Waals surface area (Å²) < 4.78 is 19.4. The highest BCUT2D eigenvalue weighted by Crippen LogP contribution is 2.40. The third-order valence-electron chi connectivity index (χ3n) is 6.23. The molecule has 156 valence electrons. The van der Waals surface area contributed by atoms with Crippen LogP contribution in [0.1, 0.15) is 59.6 Å². The Morgan fingerprint density at radius 3 is 2.83 bits per heavy atom. The Balaban J connectivity index is 1.45. The molecule has 3 aromatic heterocycles. The van der Waals surface area contributed by atoms with Gasteiger partial charge in [-0.05, 0) is 52.2 Å². The van der Waals surface area contributed by atoms with Crippen LogP contribution in [0.25, 0.3) is 11.1 Å². The number of likely N-dealkylation sites (tertiary alicyclic amines) is 1. The monoisotopic (exact) mass is 409 g/mol. The minimum absolute atomic E-state index is 0.0115. The quantitative estimate of drug-likeness (QED) is 0.702. The molecule has 5 rings (SSSR count). The smallest absolute Gasteiger partial charge is 0.258 e. The van der Waals surface area contributed by atoms with Crippen LogP contribution < -0.4 is 5.32 Å². The molecule has 1 amide bonds. The number of aryl methyl sites for hydroxylation is 2. The third-order valence-corrected chi connectivity index (χ3v) is 6.23. The van der Waals surface area contributed by atoms with E-state index < -0.39 is 0 Å². The number of nitrogens with zero attached hydrogens (tertiary/aromatic N) is 4. The number of furan rings is 1. The average molecular weight is 409 g/mol. The van der Waals surface area contributed by atoms with Gasteiger partial charge in [0, 0.05) is 30.2 Å². The minimum atomic E-state index is -0.311. The Labute approximate surface area is 173 Å². The van der Waals surface area contributed by atoms with Crippen molar-refractivity contribution in [2.45, 2.75) is 51.5 Å². The van der Waals surface area contributed by atoms with Gasteiger partial charge in [-0.1, -0.05) is 0 Å². The summed E-state index contributed by atoms with van der Waals surface area (Å²) in [6, 6.07) is 3.16. The molecule has 2 aliphatic rings. The number of hydrogen-bond acceptors (Lipinski definition) is 6. The number of fused-ring (bicyclic) bond motifs is 1. The second kappa shape index (κ2) is 6.75. The standard InChI is InChI=1S/C22H24FN5O2/c1-12-15(23)4-5-16(26-12)14-6-9-28(10-14)21(29)17-13(2)30-20-18(17)19(24-11-25-20)27-22(3)7-8-22/h4-5,11,14H,6-10H2,1-3H3,(H,24,25,27). The minimum Gasteiger partial charge on any atom is -0.442 e. The second-order valence-corrected chi connectivity index (χ2v) is 8.66. The molecule has 1 N–H and O–H groups in total. The SMILES string of the molecule is Cc1nc(C2CCN(C(=O)c3c(C)oc4ncnc(NC5(C)CC5)c34)C2)ccc1F. The van der Waals surface area contributed by atoms with Crippen LogP contribution in [0, 0.1) is 19.7 Å². The maximum atomic E-state index is 13.6. The van der Waals surface area contributed by atoms with E-state index in [4.69, 9.17) is 4.42 Å². The number of rotatable bonds is 4. The van der Waals surface area contributed by atoms with Gasteiger partial charge in [0.15, 0.2) is 0 Å². The fraction of sp³-hybridized carbons (Fsp3) is 0.455. The number of halogens is 1. The van der Waals surface area contributed by atoms with Gasteiger partial charge in [-0.2, -0.15) is 0 Å². The summed E-state index contributed by atoms with van der Waals surface area (Å²) >= 11 is 0. The molecule has 0 spiro atoms. The summed E-state index contributed by atoms with van der Waals surface area (Å²) in [7, 11) is 0. The fourth-order valence-electron chi connectivity index (χ4n) is 4.13. The molecular weight excluding hydrogens is 385 g/mol. The first-order valence-electron chi connectivity index (χ1n) is 10.3. The number of nitrogens with one attached hydrogen (secondary N) is 1. The van der Waals surface area contributed by atoms with E-state index in [9.17, 15) is 9.18 Å². The van der Waals surface area contributed by atoms with Crippen molar-refractivity contribution in [2.75, 3.05) is 18.4 Å². The van der Waals surface area contributed by atoms with E-state index in [0.717, 1.165) is 25.0 Å². The lowest BCUT2D eigenvalue weighted by molar-refractivity contribution is 0.0790. The Morgan fingerprint density at radius 2 is 2.10 bits per heavy atom. The third kappa shape index (κ3) is 3.20. The molecule has 1 aliphatic carbocycles. The highest BCUT2D eigenvalue weighted by molar-refractivity contribution is 6.10. The summed E-state index contributed by atoms with van der Waals surface area (Å²) in [5.74, 6) is 0.873. The first kappa shape index (κ1) is 19.0. The maximum absolute atomic E-state index is 13.6. The number of anilines is 1. The van der Waals surface area contributed by atoms with Crippen molar-refractivity contribution in [1.29, 1.82) is 0 Å². The van der Waals surface area contributed by atoms with Gasteiger partial charge in [0.05, 0.1) is 16.6 Å².